The topological polar surface area (TPSA) is 49.6 Å². The molecular weight excluding hydrogens is 214 g/mol. The predicted molar refractivity (Wildman–Crippen MR) is 67.9 cm³/mol. The van der Waals surface area contributed by atoms with Crippen molar-refractivity contribution in [1.82, 2.24) is 14.7 Å². The highest BCUT2D eigenvalue weighted by atomic mass is 16.3. The summed E-state index contributed by atoms with van der Waals surface area (Å²) in [5.41, 5.74) is 1.86. The van der Waals surface area contributed by atoms with Gasteiger partial charge in [0.15, 0.2) is 0 Å². The highest BCUT2D eigenvalue weighted by Gasteiger charge is 2.15. The van der Waals surface area contributed by atoms with Gasteiger partial charge in [-0.1, -0.05) is 6.07 Å². The van der Waals surface area contributed by atoms with Gasteiger partial charge in [-0.15, -0.1) is 0 Å². The van der Waals surface area contributed by atoms with E-state index in [1.807, 2.05) is 22.7 Å². The zero-order valence-corrected chi connectivity index (χ0v) is 10.5. The molecule has 92 valence electrons. The molecule has 0 saturated heterocycles. The summed E-state index contributed by atoms with van der Waals surface area (Å²) in [6.45, 7) is 6.78. The van der Waals surface area contributed by atoms with Crippen LogP contribution in [0.3, 0.4) is 0 Å². The number of β-amino-alcohol motifs (C(OH)–C–C–N with tert-alkyl or cyclic N) is 1. The van der Waals surface area contributed by atoms with Crippen LogP contribution in [0.5, 0.6) is 0 Å². The Kier molecular flexibility index (Phi) is 3.17. The van der Waals surface area contributed by atoms with Crippen molar-refractivity contribution in [2.45, 2.75) is 32.4 Å². The van der Waals surface area contributed by atoms with Crippen LogP contribution in [-0.2, 0) is 0 Å². The Morgan fingerprint density at radius 3 is 2.94 bits per heavy atom. The van der Waals surface area contributed by atoms with Crippen molar-refractivity contribution in [3.63, 3.8) is 0 Å². The maximum absolute atomic E-state index is 10.2. The lowest BCUT2D eigenvalue weighted by atomic mass is 10.1. The van der Waals surface area contributed by atoms with Gasteiger partial charge in [-0.2, -0.15) is 0 Å². The lowest BCUT2D eigenvalue weighted by molar-refractivity contribution is 0.164. The summed E-state index contributed by atoms with van der Waals surface area (Å²) in [4.78, 5) is 4.08. The Hall–Kier alpha value is -1.39. The molecule has 0 saturated carbocycles. The van der Waals surface area contributed by atoms with E-state index in [-0.39, 0.29) is 5.54 Å². The Morgan fingerprint density at radius 1 is 1.47 bits per heavy atom. The minimum atomic E-state index is -0.519. The normalized spacial score (nSPS) is 14.1. The minimum absolute atomic E-state index is 0.00624. The van der Waals surface area contributed by atoms with Crippen LogP contribution < -0.4 is 5.32 Å². The van der Waals surface area contributed by atoms with Gasteiger partial charge in [-0.05, 0) is 26.8 Å². The van der Waals surface area contributed by atoms with Gasteiger partial charge in [0.1, 0.15) is 0 Å². The van der Waals surface area contributed by atoms with Gasteiger partial charge in [-0.3, -0.25) is 0 Å². The molecule has 0 amide bonds. The molecule has 0 aliphatic rings. The first-order valence-electron chi connectivity index (χ1n) is 5.81. The molecule has 0 unspecified atom stereocenters. The molecule has 2 rings (SSSR count). The van der Waals surface area contributed by atoms with E-state index in [1.54, 1.807) is 12.5 Å². The molecule has 2 N–H and O–H groups in total. The van der Waals surface area contributed by atoms with Gasteiger partial charge in [0.05, 0.1) is 24.1 Å². The van der Waals surface area contributed by atoms with E-state index >= 15 is 0 Å². The molecule has 2 aromatic heterocycles. The van der Waals surface area contributed by atoms with Crippen LogP contribution in [0.25, 0.3) is 5.52 Å². The molecule has 2 heterocycles. The first-order valence-corrected chi connectivity index (χ1v) is 5.81. The van der Waals surface area contributed by atoms with E-state index in [1.165, 1.54) is 0 Å². The number of fused-ring (bicyclic) bond motifs is 1. The third-order valence-electron chi connectivity index (χ3n) is 2.67. The molecule has 0 fully saturated rings. The Labute approximate surface area is 101 Å². The summed E-state index contributed by atoms with van der Waals surface area (Å²) in [5.74, 6) is 0. The monoisotopic (exact) mass is 233 g/mol. The van der Waals surface area contributed by atoms with Gasteiger partial charge in [0.2, 0.25) is 0 Å². The molecule has 17 heavy (non-hydrogen) atoms. The van der Waals surface area contributed by atoms with Gasteiger partial charge in [0, 0.05) is 23.8 Å². The fourth-order valence-electron chi connectivity index (χ4n) is 1.77. The molecule has 0 aliphatic heterocycles. The average Bonchev–Trinajstić information content (AvgIpc) is 2.72. The Balaban J connectivity index is 2.19. The first-order chi connectivity index (χ1) is 7.97. The van der Waals surface area contributed by atoms with Crippen molar-refractivity contribution in [3.8, 4) is 0 Å². The first kappa shape index (κ1) is 12.1. The molecule has 0 radical (unpaired) electrons. The van der Waals surface area contributed by atoms with Crippen LogP contribution in [0.1, 0.15) is 32.4 Å². The number of aliphatic hydroxyl groups excluding tert-OH is 1. The average molecular weight is 233 g/mol. The predicted octanol–water partition coefficient (Wildman–Crippen LogP) is 1.76. The number of nitrogens with one attached hydrogen (secondary N) is 1. The van der Waals surface area contributed by atoms with Crippen molar-refractivity contribution >= 4 is 5.52 Å². The molecule has 4 heteroatoms. The second-order valence-electron chi connectivity index (χ2n) is 5.30. The molecule has 0 aromatic carbocycles. The highest BCUT2D eigenvalue weighted by molar-refractivity contribution is 5.54. The number of nitrogens with zero attached hydrogens (tertiary/aromatic N) is 2. The summed E-state index contributed by atoms with van der Waals surface area (Å²) < 4.78 is 1.91. The molecule has 0 bridgehead atoms. The minimum Gasteiger partial charge on any atom is -0.387 e. The quantitative estimate of drug-likeness (QED) is 0.849. The van der Waals surface area contributed by atoms with E-state index in [0.717, 1.165) is 11.1 Å². The second kappa shape index (κ2) is 4.47. The smallest absolute Gasteiger partial charge is 0.0992 e. The van der Waals surface area contributed by atoms with E-state index in [2.05, 4.69) is 31.1 Å². The van der Waals surface area contributed by atoms with E-state index < -0.39 is 6.10 Å². The van der Waals surface area contributed by atoms with Gasteiger partial charge >= 0.3 is 0 Å². The third-order valence-corrected chi connectivity index (χ3v) is 2.67. The van der Waals surface area contributed by atoms with Crippen molar-refractivity contribution in [1.29, 1.82) is 0 Å². The van der Waals surface area contributed by atoms with Crippen LogP contribution in [-0.4, -0.2) is 26.6 Å². The zero-order valence-electron chi connectivity index (χ0n) is 10.5. The standard InChI is InChI=1S/C13H19N3O/c1-13(2,3)15-8-12(17)10-5-4-6-16-9-14-7-11(10)16/h4-7,9,12,15,17H,8H2,1-3H3/t12-/m0/s1. The Morgan fingerprint density at radius 2 is 2.24 bits per heavy atom. The van der Waals surface area contributed by atoms with Crippen LogP contribution in [0.4, 0.5) is 0 Å². The zero-order chi connectivity index (χ0) is 12.5. The van der Waals surface area contributed by atoms with Crippen LogP contribution >= 0.6 is 0 Å². The number of pyridine rings is 1. The maximum Gasteiger partial charge on any atom is 0.0992 e. The SMILES string of the molecule is CC(C)(C)NC[C@H](O)c1cccn2cncc12. The number of aliphatic hydroxyl groups is 1. The fourth-order valence-corrected chi connectivity index (χ4v) is 1.77. The largest absolute Gasteiger partial charge is 0.387 e. The van der Waals surface area contributed by atoms with Crippen molar-refractivity contribution in [2.75, 3.05) is 6.54 Å². The maximum atomic E-state index is 10.2. The summed E-state index contributed by atoms with van der Waals surface area (Å²) in [7, 11) is 0. The summed E-state index contributed by atoms with van der Waals surface area (Å²) in [6.07, 6.45) is 4.92. The fraction of sp³-hybridized carbons (Fsp3) is 0.462. The van der Waals surface area contributed by atoms with E-state index in [9.17, 15) is 5.11 Å². The number of aromatic nitrogens is 2. The molecular formula is C13H19N3O. The molecule has 1 atom stereocenters. The van der Waals surface area contributed by atoms with Crippen LogP contribution in [0.2, 0.25) is 0 Å². The Bertz CT molecular complexity index is 499. The highest BCUT2D eigenvalue weighted by Crippen LogP contribution is 2.18. The van der Waals surface area contributed by atoms with Gasteiger partial charge in [-0.25, -0.2) is 4.98 Å². The summed E-state index contributed by atoms with van der Waals surface area (Å²) in [5, 5.41) is 13.5. The molecule has 0 aliphatic carbocycles. The van der Waals surface area contributed by atoms with Crippen molar-refractivity contribution in [3.05, 3.63) is 36.4 Å². The lowest BCUT2D eigenvalue weighted by Gasteiger charge is -2.23. The lowest BCUT2D eigenvalue weighted by Crippen LogP contribution is -2.38. The molecule has 0 spiro atoms. The summed E-state index contributed by atoms with van der Waals surface area (Å²) in [6, 6.07) is 3.86. The summed E-state index contributed by atoms with van der Waals surface area (Å²) >= 11 is 0. The van der Waals surface area contributed by atoms with Gasteiger partial charge < -0.3 is 14.8 Å². The second-order valence-corrected chi connectivity index (χ2v) is 5.30. The number of hydrogen-bond acceptors (Lipinski definition) is 3. The molecule has 4 nitrogen and oxygen atoms in total. The van der Waals surface area contributed by atoms with E-state index in [4.69, 9.17) is 0 Å². The molecule has 2 aromatic rings. The van der Waals surface area contributed by atoms with E-state index in [0.29, 0.717) is 6.54 Å². The van der Waals surface area contributed by atoms with Gasteiger partial charge in [0.25, 0.3) is 0 Å². The number of imidazole rings is 1. The van der Waals surface area contributed by atoms with Crippen molar-refractivity contribution in [2.24, 2.45) is 0 Å². The third kappa shape index (κ3) is 2.84. The van der Waals surface area contributed by atoms with Crippen LogP contribution in [0, 0.1) is 0 Å². The number of hydrogen-bond donors (Lipinski definition) is 2. The van der Waals surface area contributed by atoms with Crippen molar-refractivity contribution < 1.29 is 5.11 Å². The number of rotatable bonds is 3. The van der Waals surface area contributed by atoms with Crippen LogP contribution in [0.15, 0.2) is 30.9 Å².